The zero-order valence-corrected chi connectivity index (χ0v) is 14.0. The summed E-state index contributed by atoms with van der Waals surface area (Å²) in [4.78, 5) is 25.2. The van der Waals surface area contributed by atoms with E-state index in [1.807, 2.05) is 0 Å². The molecule has 0 saturated carbocycles. The molecule has 128 valence electrons. The van der Waals surface area contributed by atoms with Crippen LogP contribution >= 0.6 is 0 Å². The fourth-order valence-corrected chi connectivity index (χ4v) is 2.00. The zero-order valence-electron chi connectivity index (χ0n) is 14.0. The Morgan fingerprint density at radius 1 is 0.957 bits per heavy atom. The highest BCUT2D eigenvalue weighted by molar-refractivity contribution is 5.83. The molecule has 7 nitrogen and oxygen atoms in total. The second-order valence-corrected chi connectivity index (χ2v) is 4.50. The fourth-order valence-electron chi connectivity index (χ4n) is 2.00. The first-order chi connectivity index (χ1) is 11.0. The van der Waals surface area contributed by atoms with Gasteiger partial charge in [-0.1, -0.05) is 0 Å². The molecule has 0 atom stereocenters. The van der Waals surface area contributed by atoms with Crippen LogP contribution in [0.5, 0.6) is 11.5 Å². The van der Waals surface area contributed by atoms with Crippen LogP contribution in [0.15, 0.2) is 18.2 Å². The summed E-state index contributed by atoms with van der Waals surface area (Å²) in [5.41, 5.74) is 0.549. The lowest BCUT2D eigenvalue weighted by molar-refractivity contribution is -0.142. The minimum Gasteiger partial charge on any atom is -0.497 e. The first-order valence-corrected chi connectivity index (χ1v) is 7.33. The van der Waals surface area contributed by atoms with Gasteiger partial charge in [-0.2, -0.15) is 0 Å². The van der Waals surface area contributed by atoms with Crippen LogP contribution in [0, 0.1) is 0 Å². The van der Waals surface area contributed by atoms with E-state index in [2.05, 4.69) is 0 Å². The number of benzene rings is 1. The number of carbonyl (C=O) groups excluding carboxylic acids is 2. The maximum absolute atomic E-state index is 11.8. The summed E-state index contributed by atoms with van der Waals surface area (Å²) >= 11 is 0. The molecular formula is C16H23NO6. The van der Waals surface area contributed by atoms with Gasteiger partial charge in [-0.15, -0.1) is 0 Å². The van der Waals surface area contributed by atoms with E-state index in [1.54, 1.807) is 32.0 Å². The smallest absolute Gasteiger partial charge is 0.325 e. The van der Waals surface area contributed by atoms with Crippen molar-refractivity contribution in [3.05, 3.63) is 18.2 Å². The lowest BCUT2D eigenvalue weighted by Gasteiger charge is -2.25. The Morgan fingerprint density at radius 3 is 1.96 bits per heavy atom. The Bertz CT molecular complexity index is 511. The van der Waals surface area contributed by atoms with Gasteiger partial charge < -0.3 is 23.8 Å². The van der Waals surface area contributed by atoms with E-state index in [9.17, 15) is 9.59 Å². The highest BCUT2D eigenvalue weighted by Crippen LogP contribution is 2.32. The number of nitrogens with zero attached hydrogens (tertiary/aromatic N) is 1. The number of rotatable bonds is 9. The average molecular weight is 325 g/mol. The summed E-state index contributed by atoms with van der Waals surface area (Å²) in [5.74, 6) is 0.209. The summed E-state index contributed by atoms with van der Waals surface area (Å²) in [6.45, 7) is 3.77. The van der Waals surface area contributed by atoms with Crippen molar-refractivity contribution in [2.45, 2.75) is 13.8 Å². The molecule has 0 aliphatic rings. The molecule has 7 heteroatoms. The Morgan fingerprint density at radius 2 is 1.52 bits per heavy atom. The van der Waals surface area contributed by atoms with Crippen molar-refractivity contribution in [2.24, 2.45) is 0 Å². The van der Waals surface area contributed by atoms with E-state index in [-0.39, 0.29) is 26.3 Å². The number of carbonyl (C=O) groups is 2. The number of ether oxygens (including phenoxy) is 4. The normalized spacial score (nSPS) is 9.91. The number of esters is 2. The third-order valence-electron chi connectivity index (χ3n) is 2.98. The van der Waals surface area contributed by atoms with E-state index >= 15 is 0 Å². The maximum atomic E-state index is 11.8. The lowest BCUT2D eigenvalue weighted by Crippen LogP contribution is -2.36. The average Bonchev–Trinajstić information content (AvgIpc) is 2.54. The second kappa shape index (κ2) is 9.55. The van der Waals surface area contributed by atoms with E-state index in [4.69, 9.17) is 18.9 Å². The molecule has 0 bridgehead atoms. The standard InChI is InChI=1S/C16H23NO6/c1-5-22-15(18)10-17(11-16(19)23-6-2)13-9-12(20-3)7-8-14(13)21-4/h7-9H,5-6,10-11H2,1-4H3. The lowest BCUT2D eigenvalue weighted by atomic mass is 10.2. The molecule has 1 aromatic carbocycles. The predicted molar refractivity (Wildman–Crippen MR) is 85.0 cm³/mol. The Balaban J connectivity index is 3.10. The SMILES string of the molecule is CCOC(=O)CN(CC(=O)OCC)c1cc(OC)ccc1OC. The van der Waals surface area contributed by atoms with Gasteiger partial charge in [-0.3, -0.25) is 9.59 Å². The zero-order chi connectivity index (χ0) is 17.2. The van der Waals surface area contributed by atoms with Crippen LogP contribution in [0.25, 0.3) is 0 Å². The van der Waals surface area contributed by atoms with Crippen molar-refractivity contribution in [3.8, 4) is 11.5 Å². The van der Waals surface area contributed by atoms with Gasteiger partial charge in [0, 0.05) is 6.07 Å². The quantitative estimate of drug-likeness (QED) is 0.639. The number of hydrogen-bond donors (Lipinski definition) is 0. The third-order valence-corrected chi connectivity index (χ3v) is 2.98. The minimum atomic E-state index is -0.443. The van der Waals surface area contributed by atoms with Gasteiger partial charge in [-0.25, -0.2) is 0 Å². The van der Waals surface area contributed by atoms with Crippen molar-refractivity contribution < 1.29 is 28.5 Å². The summed E-state index contributed by atoms with van der Waals surface area (Å²) in [6, 6.07) is 5.13. The summed E-state index contributed by atoms with van der Waals surface area (Å²) in [6.07, 6.45) is 0. The first-order valence-electron chi connectivity index (χ1n) is 7.33. The number of methoxy groups -OCH3 is 2. The van der Waals surface area contributed by atoms with Gasteiger partial charge in [0.1, 0.15) is 24.6 Å². The van der Waals surface area contributed by atoms with Crippen molar-refractivity contribution in [3.63, 3.8) is 0 Å². The molecule has 1 rings (SSSR count). The van der Waals surface area contributed by atoms with Crippen LogP contribution < -0.4 is 14.4 Å². The van der Waals surface area contributed by atoms with Crippen LogP contribution in [-0.4, -0.2) is 52.5 Å². The molecule has 0 N–H and O–H groups in total. The first kappa shape index (κ1) is 18.6. The minimum absolute atomic E-state index is 0.101. The van der Waals surface area contributed by atoms with Gasteiger partial charge in [0.05, 0.1) is 33.1 Å². The molecule has 0 amide bonds. The molecular weight excluding hydrogens is 302 g/mol. The van der Waals surface area contributed by atoms with E-state index in [0.717, 1.165) is 0 Å². The van der Waals surface area contributed by atoms with Crippen LogP contribution in [0.3, 0.4) is 0 Å². The summed E-state index contributed by atoms with van der Waals surface area (Å²) < 4.78 is 20.4. The van der Waals surface area contributed by atoms with Crippen LogP contribution in [0.4, 0.5) is 5.69 Å². The Hall–Kier alpha value is -2.44. The molecule has 23 heavy (non-hydrogen) atoms. The highest BCUT2D eigenvalue weighted by atomic mass is 16.5. The van der Waals surface area contributed by atoms with E-state index in [0.29, 0.717) is 17.2 Å². The predicted octanol–water partition coefficient (Wildman–Crippen LogP) is 1.64. The van der Waals surface area contributed by atoms with Gasteiger partial charge >= 0.3 is 11.9 Å². The molecule has 0 spiro atoms. The maximum Gasteiger partial charge on any atom is 0.325 e. The van der Waals surface area contributed by atoms with Gasteiger partial charge in [0.25, 0.3) is 0 Å². The highest BCUT2D eigenvalue weighted by Gasteiger charge is 2.20. The molecule has 0 aliphatic heterocycles. The van der Waals surface area contributed by atoms with Crippen molar-refractivity contribution in [2.75, 3.05) is 45.4 Å². The second-order valence-electron chi connectivity index (χ2n) is 4.50. The van der Waals surface area contributed by atoms with Crippen molar-refractivity contribution >= 4 is 17.6 Å². The molecule has 0 aliphatic carbocycles. The number of anilines is 1. The Kier molecular flexibility index (Phi) is 7.73. The van der Waals surface area contributed by atoms with Gasteiger partial charge in [0.2, 0.25) is 0 Å². The topological polar surface area (TPSA) is 74.3 Å². The largest absolute Gasteiger partial charge is 0.497 e. The van der Waals surface area contributed by atoms with Crippen LogP contribution in [-0.2, 0) is 19.1 Å². The van der Waals surface area contributed by atoms with Crippen molar-refractivity contribution in [1.82, 2.24) is 0 Å². The monoisotopic (exact) mass is 325 g/mol. The van der Waals surface area contributed by atoms with E-state index in [1.165, 1.54) is 19.1 Å². The number of hydrogen-bond acceptors (Lipinski definition) is 7. The summed E-state index contributed by atoms with van der Waals surface area (Å²) in [5, 5.41) is 0. The molecule has 0 aromatic heterocycles. The summed E-state index contributed by atoms with van der Waals surface area (Å²) in [7, 11) is 3.05. The van der Waals surface area contributed by atoms with Crippen LogP contribution in [0.2, 0.25) is 0 Å². The van der Waals surface area contributed by atoms with Gasteiger partial charge in [-0.05, 0) is 26.0 Å². The molecule has 0 fully saturated rings. The Labute approximate surface area is 136 Å². The molecule has 1 aromatic rings. The molecule has 0 heterocycles. The molecule has 0 unspecified atom stereocenters. The fraction of sp³-hybridized carbons (Fsp3) is 0.500. The van der Waals surface area contributed by atoms with E-state index < -0.39 is 11.9 Å². The van der Waals surface area contributed by atoms with Crippen LogP contribution in [0.1, 0.15) is 13.8 Å². The van der Waals surface area contributed by atoms with Gasteiger partial charge in [0.15, 0.2) is 0 Å². The molecule has 0 saturated heterocycles. The third kappa shape index (κ3) is 5.69. The molecule has 0 radical (unpaired) electrons. The van der Waals surface area contributed by atoms with Crippen molar-refractivity contribution in [1.29, 1.82) is 0 Å².